The molecule has 1 aromatic carbocycles. The number of nitrogens with zero attached hydrogens (tertiary/aromatic N) is 5. The highest BCUT2D eigenvalue weighted by Gasteiger charge is 2.14. The van der Waals surface area contributed by atoms with Gasteiger partial charge in [0.2, 0.25) is 5.88 Å². The fourth-order valence-electron chi connectivity index (χ4n) is 2.09. The van der Waals surface area contributed by atoms with Crippen LogP contribution in [-0.2, 0) is 5.75 Å². The van der Waals surface area contributed by atoms with Gasteiger partial charge < -0.3 is 4.74 Å². The summed E-state index contributed by atoms with van der Waals surface area (Å²) >= 11 is 1.37. The first kappa shape index (κ1) is 15.9. The Morgan fingerprint density at radius 1 is 1.29 bits per heavy atom. The van der Waals surface area contributed by atoms with Crippen molar-refractivity contribution < 1.29 is 9.66 Å². The van der Waals surface area contributed by atoms with E-state index in [1.54, 1.807) is 48.5 Å². The Kier molecular flexibility index (Phi) is 4.71. The van der Waals surface area contributed by atoms with Gasteiger partial charge in [-0.1, -0.05) is 30.0 Å². The quantitative estimate of drug-likeness (QED) is 0.386. The Hall–Kier alpha value is -2.94. The Bertz CT molecular complexity index is 850. The minimum atomic E-state index is -0.381. The molecule has 3 aromatic rings. The molecule has 0 saturated carbocycles. The van der Waals surface area contributed by atoms with Gasteiger partial charge in [-0.25, -0.2) is 4.98 Å². The van der Waals surface area contributed by atoms with Gasteiger partial charge in [0.15, 0.2) is 5.16 Å². The van der Waals surface area contributed by atoms with Crippen LogP contribution in [-0.4, -0.2) is 31.8 Å². The maximum absolute atomic E-state index is 11.1. The van der Waals surface area contributed by atoms with Crippen LogP contribution in [0.1, 0.15) is 5.56 Å². The number of thioether (sulfide) groups is 1. The second kappa shape index (κ2) is 7.09. The van der Waals surface area contributed by atoms with Crippen molar-refractivity contribution in [3.63, 3.8) is 0 Å². The van der Waals surface area contributed by atoms with Crippen LogP contribution in [0.5, 0.6) is 5.88 Å². The van der Waals surface area contributed by atoms with Crippen LogP contribution < -0.4 is 4.74 Å². The minimum Gasteiger partial charge on any atom is -0.481 e. The Morgan fingerprint density at radius 2 is 2.12 bits per heavy atom. The maximum Gasteiger partial charge on any atom is 0.273 e. The molecule has 24 heavy (non-hydrogen) atoms. The van der Waals surface area contributed by atoms with E-state index in [0.29, 0.717) is 22.4 Å². The smallest absolute Gasteiger partial charge is 0.273 e. The third-order valence-corrected chi connectivity index (χ3v) is 4.26. The van der Waals surface area contributed by atoms with Crippen molar-refractivity contribution in [1.82, 2.24) is 19.7 Å². The topological polar surface area (TPSA) is 96.0 Å². The molecule has 0 aliphatic heterocycles. The second-order valence-electron chi connectivity index (χ2n) is 4.72. The molecule has 0 radical (unpaired) electrons. The molecule has 0 fully saturated rings. The summed E-state index contributed by atoms with van der Waals surface area (Å²) in [5, 5.41) is 19.7. The van der Waals surface area contributed by atoms with Gasteiger partial charge in [0.1, 0.15) is 6.33 Å². The molecule has 2 heterocycles. The molecular formula is C15H13N5O3S. The average molecular weight is 343 g/mol. The molecule has 9 heteroatoms. The standard InChI is InChI=1S/C15H13N5O3S/c1-23-14-7-6-12(8-16-14)19-10-17-18-15(19)24-9-11-4-2-3-5-13(11)20(21)22/h2-8,10H,9H2,1H3. The van der Waals surface area contributed by atoms with E-state index in [-0.39, 0.29) is 10.6 Å². The maximum atomic E-state index is 11.1. The number of ether oxygens (including phenoxy) is 1. The van der Waals surface area contributed by atoms with E-state index in [1.165, 1.54) is 17.8 Å². The molecule has 0 aliphatic carbocycles. The molecule has 122 valence electrons. The summed E-state index contributed by atoms with van der Waals surface area (Å²) in [4.78, 5) is 14.8. The van der Waals surface area contributed by atoms with E-state index in [2.05, 4.69) is 15.2 Å². The third-order valence-electron chi connectivity index (χ3n) is 3.27. The zero-order chi connectivity index (χ0) is 16.9. The van der Waals surface area contributed by atoms with E-state index in [1.807, 2.05) is 6.07 Å². The predicted molar refractivity (Wildman–Crippen MR) is 88.4 cm³/mol. The van der Waals surface area contributed by atoms with Gasteiger partial charge in [-0.2, -0.15) is 0 Å². The molecule has 0 aliphatic rings. The molecule has 0 N–H and O–H groups in total. The fourth-order valence-corrected chi connectivity index (χ4v) is 3.01. The highest BCUT2D eigenvalue weighted by atomic mass is 32.2. The van der Waals surface area contributed by atoms with Crippen molar-refractivity contribution in [2.75, 3.05) is 7.11 Å². The fraction of sp³-hybridized carbons (Fsp3) is 0.133. The van der Waals surface area contributed by atoms with Gasteiger partial charge in [-0.05, 0) is 6.07 Å². The number of nitro benzene ring substituents is 1. The van der Waals surface area contributed by atoms with Crippen LogP contribution in [0.25, 0.3) is 5.69 Å². The highest BCUT2D eigenvalue weighted by Crippen LogP contribution is 2.28. The summed E-state index contributed by atoms with van der Waals surface area (Å²) in [6, 6.07) is 10.2. The Labute approximate surface area is 141 Å². The van der Waals surface area contributed by atoms with Gasteiger partial charge in [-0.3, -0.25) is 14.7 Å². The molecule has 0 bridgehead atoms. The van der Waals surface area contributed by atoms with E-state index < -0.39 is 0 Å². The number of hydrogen-bond donors (Lipinski definition) is 0. The number of nitro groups is 1. The summed E-state index contributed by atoms with van der Waals surface area (Å²) in [7, 11) is 1.55. The van der Waals surface area contributed by atoms with Crippen molar-refractivity contribution in [3.05, 3.63) is 64.6 Å². The second-order valence-corrected chi connectivity index (χ2v) is 5.66. The van der Waals surface area contributed by atoms with Crippen LogP contribution in [0.2, 0.25) is 0 Å². The third kappa shape index (κ3) is 3.35. The number of pyridine rings is 1. The van der Waals surface area contributed by atoms with Crippen molar-refractivity contribution in [3.8, 4) is 11.6 Å². The summed E-state index contributed by atoms with van der Waals surface area (Å²) in [6.45, 7) is 0. The number of hydrogen-bond acceptors (Lipinski definition) is 7. The van der Waals surface area contributed by atoms with Crippen LogP contribution in [0.4, 0.5) is 5.69 Å². The van der Waals surface area contributed by atoms with Gasteiger partial charge >= 0.3 is 0 Å². The zero-order valence-electron chi connectivity index (χ0n) is 12.7. The summed E-state index contributed by atoms with van der Waals surface area (Å²) < 4.78 is 6.81. The number of methoxy groups -OCH3 is 1. The number of benzene rings is 1. The molecule has 0 atom stereocenters. The lowest BCUT2D eigenvalue weighted by Gasteiger charge is -2.07. The van der Waals surface area contributed by atoms with Crippen LogP contribution in [0.15, 0.2) is 54.1 Å². The minimum absolute atomic E-state index is 0.0992. The SMILES string of the molecule is COc1ccc(-n2cnnc2SCc2ccccc2[N+](=O)[O-])cn1. The Morgan fingerprint density at radius 3 is 2.83 bits per heavy atom. The molecule has 0 unspecified atom stereocenters. The number of para-hydroxylation sites is 1. The van der Waals surface area contributed by atoms with E-state index in [4.69, 9.17) is 4.74 Å². The van der Waals surface area contributed by atoms with Crippen LogP contribution >= 0.6 is 11.8 Å². The lowest BCUT2D eigenvalue weighted by atomic mass is 10.2. The van der Waals surface area contributed by atoms with E-state index >= 15 is 0 Å². The van der Waals surface area contributed by atoms with Crippen LogP contribution in [0.3, 0.4) is 0 Å². The molecule has 0 saturated heterocycles. The number of aromatic nitrogens is 4. The summed E-state index contributed by atoms with van der Waals surface area (Å²) in [5.41, 5.74) is 1.52. The molecular weight excluding hydrogens is 330 g/mol. The zero-order valence-corrected chi connectivity index (χ0v) is 13.5. The highest BCUT2D eigenvalue weighted by molar-refractivity contribution is 7.98. The molecule has 0 amide bonds. The summed E-state index contributed by atoms with van der Waals surface area (Å²) in [6.07, 6.45) is 3.22. The monoisotopic (exact) mass is 343 g/mol. The van der Waals surface area contributed by atoms with Crippen molar-refractivity contribution in [2.24, 2.45) is 0 Å². The van der Waals surface area contributed by atoms with Gasteiger partial charge in [-0.15, -0.1) is 10.2 Å². The van der Waals surface area contributed by atoms with E-state index in [0.717, 1.165) is 5.69 Å². The van der Waals surface area contributed by atoms with Crippen molar-refractivity contribution >= 4 is 17.4 Å². The molecule has 3 rings (SSSR count). The Balaban J connectivity index is 1.80. The van der Waals surface area contributed by atoms with Crippen LogP contribution in [0, 0.1) is 10.1 Å². The molecule has 0 spiro atoms. The van der Waals surface area contributed by atoms with Crippen molar-refractivity contribution in [2.45, 2.75) is 10.9 Å². The first-order valence-electron chi connectivity index (χ1n) is 6.94. The van der Waals surface area contributed by atoms with Gasteiger partial charge in [0.05, 0.1) is 23.9 Å². The number of rotatable bonds is 6. The first-order chi connectivity index (χ1) is 11.7. The summed E-state index contributed by atoms with van der Waals surface area (Å²) in [5.74, 6) is 0.931. The first-order valence-corrected chi connectivity index (χ1v) is 7.93. The molecule has 8 nitrogen and oxygen atoms in total. The molecule has 2 aromatic heterocycles. The average Bonchev–Trinajstić information content (AvgIpc) is 3.08. The lowest BCUT2D eigenvalue weighted by molar-refractivity contribution is -0.385. The lowest BCUT2D eigenvalue weighted by Crippen LogP contribution is -1.98. The largest absolute Gasteiger partial charge is 0.481 e. The van der Waals surface area contributed by atoms with Gasteiger partial charge in [0, 0.05) is 23.4 Å². The van der Waals surface area contributed by atoms with Gasteiger partial charge in [0.25, 0.3) is 5.69 Å². The normalized spacial score (nSPS) is 10.5. The predicted octanol–water partition coefficient (Wildman–Crippen LogP) is 2.87. The van der Waals surface area contributed by atoms with Crippen molar-refractivity contribution in [1.29, 1.82) is 0 Å². The van der Waals surface area contributed by atoms with E-state index in [9.17, 15) is 10.1 Å².